The second kappa shape index (κ2) is 5.10. The number of carbonyl (C=O) groups excluding carboxylic acids is 2. The lowest BCUT2D eigenvalue weighted by Gasteiger charge is -2.21. The molecule has 17 heavy (non-hydrogen) atoms. The summed E-state index contributed by atoms with van der Waals surface area (Å²) in [5.74, 6) is -0.273. The number of nitrogens with one attached hydrogen (secondary N) is 1. The van der Waals surface area contributed by atoms with E-state index in [1.54, 1.807) is 0 Å². The molecule has 1 saturated heterocycles. The first-order chi connectivity index (χ1) is 8.06. The lowest BCUT2D eigenvalue weighted by molar-refractivity contribution is -0.118. The average molecular weight is 315 g/mol. The van der Waals surface area contributed by atoms with E-state index in [0.29, 0.717) is 6.42 Å². The van der Waals surface area contributed by atoms with Gasteiger partial charge in [0, 0.05) is 10.9 Å². The van der Waals surface area contributed by atoms with Crippen molar-refractivity contribution in [3.8, 4) is 0 Å². The fourth-order valence-corrected chi connectivity index (χ4v) is 2.30. The minimum atomic E-state index is -0.368. The summed E-state index contributed by atoms with van der Waals surface area (Å²) >= 11 is 7.72. The van der Waals surface area contributed by atoms with Gasteiger partial charge in [-0.1, -0.05) is 28.1 Å². The Hall–Kier alpha value is -1.01. The first-order valence-corrected chi connectivity index (χ1v) is 6.40. The highest BCUT2D eigenvalue weighted by Crippen LogP contribution is 2.17. The molecule has 0 radical (unpaired) electrons. The van der Waals surface area contributed by atoms with E-state index in [-0.39, 0.29) is 23.9 Å². The third-order valence-corrected chi connectivity index (χ3v) is 3.50. The number of urea groups is 1. The summed E-state index contributed by atoms with van der Waals surface area (Å²) in [6.07, 6.45) is 0.608. The minimum absolute atomic E-state index is 0.0868. The smallest absolute Gasteiger partial charge is 0.303 e. The van der Waals surface area contributed by atoms with Crippen molar-refractivity contribution in [1.29, 1.82) is 0 Å². The Kier molecular flexibility index (Phi) is 3.73. The van der Waals surface area contributed by atoms with Crippen LogP contribution >= 0.6 is 28.6 Å². The summed E-state index contributed by atoms with van der Waals surface area (Å²) in [5, 5.41) is 1.95. The van der Waals surface area contributed by atoms with Crippen LogP contribution in [-0.2, 0) is 11.2 Å². The van der Waals surface area contributed by atoms with Gasteiger partial charge in [0.1, 0.15) is 6.54 Å². The summed E-state index contributed by atoms with van der Waals surface area (Å²) in [7, 11) is 0. The van der Waals surface area contributed by atoms with Gasteiger partial charge >= 0.3 is 6.03 Å². The summed E-state index contributed by atoms with van der Waals surface area (Å²) in [4.78, 5) is 23.9. The van der Waals surface area contributed by atoms with Crippen LogP contribution in [0, 0.1) is 0 Å². The maximum Gasteiger partial charge on any atom is 0.325 e. The average Bonchev–Trinajstić information content (AvgIpc) is 2.61. The van der Waals surface area contributed by atoms with Crippen molar-refractivity contribution < 1.29 is 9.59 Å². The zero-order valence-electron chi connectivity index (χ0n) is 8.89. The van der Waals surface area contributed by atoms with E-state index in [1.165, 1.54) is 4.90 Å². The SMILES string of the molecule is O=C1CN(C(S)Cc2ccc(Br)cc2)C(=O)N1. The van der Waals surface area contributed by atoms with Gasteiger partial charge in [0.05, 0.1) is 5.37 Å². The predicted molar refractivity (Wildman–Crippen MR) is 70.9 cm³/mol. The topological polar surface area (TPSA) is 49.4 Å². The zero-order chi connectivity index (χ0) is 12.4. The molecule has 1 aromatic rings. The molecular formula is C11H11BrN2O2S. The number of carbonyl (C=O) groups is 2. The lowest BCUT2D eigenvalue weighted by Crippen LogP contribution is -2.35. The zero-order valence-corrected chi connectivity index (χ0v) is 11.4. The fourth-order valence-electron chi connectivity index (χ4n) is 1.64. The van der Waals surface area contributed by atoms with Crippen molar-refractivity contribution in [2.45, 2.75) is 11.8 Å². The molecule has 1 heterocycles. The molecule has 3 amide bonds. The van der Waals surface area contributed by atoms with Gasteiger partial charge in [0.25, 0.3) is 0 Å². The second-order valence-electron chi connectivity index (χ2n) is 3.79. The number of thiol groups is 1. The van der Waals surface area contributed by atoms with Gasteiger partial charge in [0.15, 0.2) is 0 Å². The molecule has 1 aliphatic rings. The Balaban J connectivity index is 2.01. The van der Waals surface area contributed by atoms with E-state index in [1.807, 2.05) is 24.3 Å². The normalized spacial score (nSPS) is 17.2. The van der Waals surface area contributed by atoms with Gasteiger partial charge in [-0.3, -0.25) is 10.1 Å². The van der Waals surface area contributed by atoms with Crippen molar-refractivity contribution in [2.24, 2.45) is 0 Å². The summed E-state index contributed by atoms with van der Waals surface area (Å²) < 4.78 is 1.01. The van der Waals surface area contributed by atoms with E-state index < -0.39 is 0 Å². The molecule has 6 heteroatoms. The molecule has 4 nitrogen and oxygen atoms in total. The molecule has 1 aliphatic heterocycles. The Bertz CT molecular complexity index is 449. The standard InChI is InChI=1S/C11H11BrN2O2S/c12-8-3-1-7(2-4-8)5-10(17)14-6-9(15)13-11(14)16/h1-4,10,17H,5-6H2,(H,13,15,16). The number of hydrogen-bond donors (Lipinski definition) is 2. The first kappa shape index (κ1) is 12.4. The van der Waals surface area contributed by atoms with Crippen LogP contribution in [0.25, 0.3) is 0 Å². The van der Waals surface area contributed by atoms with Gasteiger partial charge in [-0.15, -0.1) is 0 Å². The number of hydrogen-bond acceptors (Lipinski definition) is 3. The quantitative estimate of drug-likeness (QED) is 0.660. The molecule has 1 N–H and O–H groups in total. The Morgan fingerprint density at radius 2 is 2.00 bits per heavy atom. The van der Waals surface area contributed by atoms with Gasteiger partial charge < -0.3 is 4.90 Å². The molecule has 0 bridgehead atoms. The monoisotopic (exact) mass is 314 g/mol. The Morgan fingerprint density at radius 3 is 2.53 bits per heavy atom. The lowest BCUT2D eigenvalue weighted by atomic mass is 10.1. The highest BCUT2D eigenvalue weighted by Gasteiger charge is 2.30. The largest absolute Gasteiger partial charge is 0.325 e. The number of halogens is 1. The second-order valence-corrected chi connectivity index (χ2v) is 5.30. The van der Waals surface area contributed by atoms with E-state index in [0.717, 1.165) is 10.0 Å². The highest BCUT2D eigenvalue weighted by molar-refractivity contribution is 9.10. The molecule has 0 aliphatic carbocycles. The third-order valence-electron chi connectivity index (χ3n) is 2.51. The van der Waals surface area contributed by atoms with Gasteiger partial charge in [-0.25, -0.2) is 4.79 Å². The van der Waals surface area contributed by atoms with Crippen molar-refractivity contribution in [3.63, 3.8) is 0 Å². The van der Waals surface area contributed by atoms with Crippen LogP contribution in [0.15, 0.2) is 28.7 Å². The van der Waals surface area contributed by atoms with Crippen molar-refractivity contribution in [2.75, 3.05) is 6.54 Å². The predicted octanol–water partition coefficient (Wildman–Crippen LogP) is 1.80. The van der Waals surface area contributed by atoms with Gasteiger partial charge in [0.2, 0.25) is 5.91 Å². The molecule has 1 aromatic carbocycles. The van der Waals surface area contributed by atoms with Crippen LogP contribution in [0.5, 0.6) is 0 Å². The highest BCUT2D eigenvalue weighted by atomic mass is 79.9. The molecular weight excluding hydrogens is 304 g/mol. The van der Waals surface area contributed by atoms with Crippen LogP contribution in [-0.4, -0.2) is 28.8 Å². The minimum Gasteiger partial charge on any atom is -0.303 e. The van der Waals surface area contributed by atoms with E-state index in [2.05, 4.69) is 33.9 Å². The first-order valence-electron chi connectivity index (χ1n) is 5.09. The summed E-state index contributed by atoms with van der Waals surface area (Å²) in [6.45, 7) is 0.0868. The molecule has 2 rings (SSSR count). The Labute approximate surface area is 113 Å². The number of nitrogens with zero attached hydrogens (tertiary/aromatic N) is 1. The molecule has 0 saturated carbocycles. The van der Waals surface area contributed by atoms with Crippen molar-refractivity contribution in [1.82, 2.24) is 10.2 Å². The van der Waals surface area contributed by atoms with Gasteiger partial charge in [-0.05, 0) is 17.7 Å². The van der Waals surface area contributed by atoms with Crippen LogP contribution in [0.1, 0.15) is 5.56 Å². The number of benzene rings is 1. The summed E-state index contributed by atoms with van der Waals surface area (Å²) in [5.41, 5.74) is 1.07. The molecule has 1 atom stereocenters. The van der Waals surface area contributed by atoms with Crippen LogP contribution in [0.3, 0.4) is 0 Å². The maximum absolute atomic E-state index is 11.4. The fraction of sp³-hybridized carbons (Fsp3) is 0.273. The summed E-state index contributed by atoms with van der Waals surface area (Å²) in [6, 6.07) is 7.43. The molecule has 0 aromatic heterocycles. The molecule has 90 valence electrons. The number of imide groups is 1. The number of rotatable bonds is 3. The van der Waals surface area contributed by atoms with E-state index >= 15 is 0 Å². The van der Waals surface area contributed by atoms with Crippen molar-refractivity contribution in [3.05, 3.63) is 34.3 Å². The van der Waals surface area contributed by atoms with Crippen molar-refractivity contribution >= 4 is 40.5 Å². The third kappa shape index (κ3) is 3.01. The van der Waals surface area contributed by atoms with Crippen LogP contribution < -0.4 is 5.32 Å². The number of amides is 3. The van der Waals surface area contributed by atoms with E-state index in [4.69, 9.17) is 0 Å². The molecule has 0 spiro atoms. The molecule has 1 unspecified atom stereocenters. The molecule has 1 fully saturated rings. The van der Waals surface area contributed by atoms with Crippen LogP contribution in [0.4, 0.5) is 4.79 Å². The Morgan fingerprint density at radius 1 is 1.35 bits per heavy atom. The maximum atomic E-state index is 11.4. The van der Waals surface area contributed by atoms with Gasteiger partial charge in [-0.2, -0.15) is 12.6 Å². The van der Waals surface area contributed by atoms with E-state index in [9.17, 15) is 9.59 Å². The van der Waals surface area contributed by atoms with Crippen LogP contribution in [0.2, 0.25) is 0 Å².